The highest BCUT2D eigenvalue weighted by molar-refractivity contribution is 6.32. The first-order valence-corrected chi connectivity index (χ1v) is 6.58. The van der Waals surface area contributed by atoms with E-state index in [0.29, 0.717) is 0 Å². The van der Waals surface area contributed by atoms with E-state index in [-0.39, 0.29) is 35.3 Å². The Balaban J connectivity index is 3.06. The molecule has 1 aromatic carbocycles. The molecule has 0 radical (unpaired) electrons. The minimum Gasteiger partial charge on any atom is -0.481 e. The predicted octanol–water partition coefficient (Wildman–Crippen LogP) is 2.57. The number of nitro groups is 1. The van der Waals surface area contributed by atoms with Crippen molar-refractivity contribution < 1.29 is 19.6 Å². The summed E-state index contributed by atoms with van der Waals surface area (Å²) in [6.07, 6.45) is -0.195. The van der Waals surface area contributed by atoms with Crippen LogP contribution in [0.15, 0.2) is 18.2 Å². The first kappa shape index (κ1) is 16.9. The fourth-order valence-electron chi connectivity index (χ4n) is 1.76. The molecule has 21 heavy (non-hydrogen) atoms. The van der Waals surface area contributed by atoms with Gasteiger partial charge in [-0.1, -0.05) is 11.6 Å². The lowest BCUT2D eigenvalue weighted by atomic mass is 10.1. The van der Waals surface area contributed by atoms with Gasteiger partial charge in [0.15, 0.2) is 0 Å². The van der Waals surface area contributed by atoms with Gasteiger partial charge in [-0.2, -0.15) is 0 Å². The molecule has 7 nitrogen and oxygen atoms in total. The standard InChI is InChI=1S/C13H15ClN2O5/c1-8(2)15(6-5-12(17)18)13(19)9-3-4-10(14)11(7-9)16(20)21/h3-4,7-8H,5-6H2,1-2H3,(H,17,18). The van der Waals surface area contributed by atoms with Crippen LogP contribution < -0.4 is 0 Å². The molecule has 0 saturated carbocycles. The molecule has 0 aliphatic carbocycles. The van der Waals surface area contributed by atoms with Crippen LogP contribution in [0.3, 0.4) is 0 Å². The highest BCUT2D eigenvalue weighted by Crippen LogP contribution is 2.26. The molecule has 0 aromatic heterocycles. The van der Waals surface area contributed by atoms with Gasteiger partial charge in [0.05, 0.1) is 11.3 Å². The van der Waals surface area contributed by atoms with Gasteiger partial charge in [0.25, 0.3) is 11.6 Å². The molecule has 1 aromatic rings. The maximum Gasteiger partial charge on any atom is 0.305 e. The number of carboxylic acid groups (broad SMARTS) is 1. The highest BCUT2D eigenvalue weighted by Gasteiger charge is 2.22. The summed E-state index contributed by atoms with van der Waals surface area (Å²) in [4.78, 5) is 34.5. The molecular weight excluding hydrogens is 300 g/mol. The zero-order valence-electron chi connectivity index (χ0n) is 11.6. The van der Waals surface area contributed by atoms with Crippen molar-refractivity contribution in [3.05, 3.63) is 38.9 Å². The third-order valence-electron chi connectivity index (χ3n) is 2.84. The monoisotopic (exact) mass is 314 g/mol. The average molecular weight is 315 g/mol. The number of aliphatic carboxylic acids is 1. The molecule has 0 aliphatic rings. The van der Waals surface area contributed by atoms with Crippen LogP contribution in [0.1, 0.15) is 30.6 Å². The Hall–Kier alpha value is -2.15. The van der Waals surface area contributed by atoms with Crippen LogP contribution in [0.2, 0.25) is 5.02 Å². The molecule has 0 fully saturated rings. The van der Waals surface area contributed by atoms with E-state index in [1.54, 1.807) is 13.8 Å². The van der Waals surface area contributed by atoms with Crippen molar-refractivity contribution in [1.29, 1.82) is 0 Å². The number of amides is 1. The van der Waals surface area contributed by atoms with Gasteiger partial charge in [-0.15, -0.1) is 0 Å². The number of carbonyl (C=O) groups excluding carboxylic acids is 1. The van der Waals surface area contributed by atoms with E-state index in [0.717, 1.165) is 6.07 Å². The number of rotatable bonds is 6. The number of halogens is 1. The Kier molecular flexibility index (Phi) is 5.66. The number of hydrogen-bond donors (Lipinski definition) is 1. The van der Waals surface area contributed by atoms with E-state index in [1.807, 2.05) is 0 Å². The van der Waals surface area contributed by atoms with E-state index in [1.165, 1.54) is 17.0 Å². The van der Waals surface area contributed by atoms with Crippen LogP contribution in [0.4, 0.5) is 5.69 Å². The third kappa shape index (κ3) is 4.42. The molecule has 1 rings (SSSR count). The Bertz CT molecular complexity index is 574. The SMILES string of the molecule is CC(C)N(CCC(=O)O)C(=O)c1ccc(Cl)c([N+](=O)[O-])c1. The lowest BCUT2D eigenvalue weighted by molar-refractivity contribution is -0.384. The van der Waals surface area contributed by atoms with E-state index in [4.69, 9.17) is 16.7 Å². The first-order chi connectivity index (χ1) is 9.73. The summed E-state index contributed by atoms with van der Waals surface area (Å²) < 4.78 is 0. The smallest absolute Gasteiger partial charge is 0.305 e. The van der Waals surface area contributed by atoms with E-state index in [2.05, 4.69) is 0 Å². The minimum atomic E-state index is -1.02. The Morgan fingerprint density at radius 2 is 2.05 bits per heavy atom. The van der Waals surface area contributed by atoms with Crippen molar-refractivity contribution in [2.45, 2.75) is 26.3 Å². The lowest BCUT2D eigenvalue weighted by Crippen LogP contribution is -2.38. The minimum absolute atomic E-state index is 0.0300. The van der Waals surface area contributed by atoms with Gasteiger partial charge in [-0.05, 0) is 26.0 Å². The number of carboxylic acids is 1. The summed E-state index contributed by atoms with van der Waals surface area (Å²) in [5.41, 5.74) is -0.255. The molecule has 8 heteroatoms. The van der Waals surface area contributed by atoms with Gasteiger partial charge in [-0.3, -0.25) is 19.7 Å². The van der Waals surface area contributed by atoms with Gasteiger partial charge in [0, 0.05) is 24.2 Å². The van der Waals surface area contributed by atoms with Gasteiger partial charge in [0.2, 0.25) is 0 Å². The summed E-state index contributed by atoms with van der Waals surface area (Å²) in [5.74, 6) is -1.48. The van der Waals surface area contributed by atoms with Crippen LogP contribution in [0.5, 0.6) is 0 Å². The predicted molar refractivity (Wildman–Crippen MR) is 76.5 cm³/mol. The first-order valence-electron chi connectivity index (χ1n) is 6.20. The molecule has 0 atom stereocenters. The van der Waals surface area contributed by atoms with Gasteiger partial charge >= 0.3 is 5.97 Å². The highest BCUT2D eigenvalue weighted by atomic mass is 35.5. The molecule has 0 aliphatic heterocycles. The topological polar surface area (TPSA) is 101 Å². The van der Waals surface area contributed by atoms with Crippen molar-refractivity contribution in [3.63, 3.8) is 0 Å². The van der Waals surface area contributed by atoms with Crippen molar-refractivity contribution in [2.24, 2.45) is 0 Å². The van der Waals surface area contributed by atoms with Crippen molar-refractivity contribution in [2.75, 3.05) is 6.54 Å². The van der Waals surface area contributed by atoms with E-state index < -0.39 is 16.8 Å². The fourth-order valence-corrected chi connectivity index (χ4v) is 1.95. The molecule has 1 N–H and O–H groups in total. The summed E-state index contributed by atoms with van der Waals surface area (Å²) in [7, 11) is 0. The normalized spacial score (nSPS) is 10.5. The number of nitro benzene ring substituents is 1. The van der Waals surface area contributed by atoms with Crippen molar-refractivity contribution >= 4 is 29.2 Å². The lowest BCUT2D eigenvalue weighted by Gasteiger charge is -2.26. The van der Waals surface area contributed by atoms with Gasteiger partial charge in [0.1, 0.15) is 5.02 Å². The summed E-state index contributed by atoms with van der Waals surface area (Å²) in [6, 6.07) is 3.53. The zero-order chi connectivity index (χ0) is 16.2. The molecule has 0 heterocycles. The van der Waals surface area contributed by atoms with Crippen LogP contribution in [0.25, 0.3) is 0 Å². The summed E-state index contributed by atoms with van der Waals surface area (Å²) in [5, 5.41) is 19.5. The van der Waals surface area contributed by atoms with Crippen LogP contribution in [-0.2, 0) is 4.79 Å². The molecule has 0 unspecified atom stereocenters. The molecular formula is C13H15ClN2O5. The Morgan fingerprint density at radius 3 is 2.52 bits per heavy atom. The van der Waals surface area contributed by atoms with Crippen molar-refractivity contribution in [3.8, 4) is 0 Å². The molecule has 114 valence electrons. The molecule has 0 saturated heterocycles. The van der Waals surface area contributed by atoms with E-state index in [9.17, 15) is 19.7 Å². The molecule has 1 amide bonds. The zero-order valence-corrected chi connectivity index (χ0v) is 12.3. The molecule has 0 spiro atoms. The van der Waals surface area contributed by atoms with Crippen LogP contribution in [-0.4, -0.2) is 39.4 Å². The number of hydrogen-bond acceptors (Lipinski definition) is 4. The fraction of sp³-hybridized carbons (Fsp3) is 0.385. The quantitative estimate of drug-likeness (QED) is 0.642. The Labute approximate surface area is 126 Å². The second kappa shape index (κ2) is 7.03. The van der Waals surface area contributed by atoms with Crippen LogP contribution in [0, 0.1) is 10.1 Å². The number of carbonyl (C=O) groups is 2. The average Bonchev–Trinajstić information content (AvgIpc) is 2.38. The second-order valence-corrected chi connectivity index (χ2v) is 5.07. The molecule has 0 bridgehead atoms. The maximum absolute atomic E-state index is 12.4. The summed E-state index contributed by atoms with van der Waals surface area (Å²) in [6.45, 7) is 3.51. The number of benzene rings is 1. The van der Waals surface area contributed by atoms with Gasteiger partial charge in [-0.25, -0.2) is 0 Å². The third-order valence-corrected chi connectivity index (χ3v) is 3.16. The van der Waals surface area contributed by atoms with E-state index >= 15 is 0 Å². The largest absolute Gasteiger partial charge is 0.481 e. The maximum atomic E-state index is 12.4. The van der Waals surface area contributed by atoms with Crippen molar-refractivity contribution in [1.82, 2.24) is 4.90 Å². The van der Waals surface area contributed by atoms with Gasteiger partial charge < -0.3 is 10.0 Å². The Morgan fingerprint density at radius 1 is 1.43 bits per heavy atom. The summed E-state index contributed by atoms with van der Waals surface area (Å²) >= 11 is 5.70. The second-order valence-electron chi connectivity index (χ2n) is 4.66. The number of nitrogens with zero attached hydrogens (tertiary/aromatic N) is 2. The van der Waals surface area contributed by atoms with Crippen LogP contribution >= 0.6 is 11.6 Å².